The lowest BCUT2D eigenvalue weighted by atomic mass is 9.97. The number of rotatable bonds is 8. The Morgan fingerprint density at radius 2 is 1.89 bits per heavy atom. The zero-order chi connectivity index (χ0) is 25.6. The molecule has 11 heteroatoms. The van der Waals surface area contributed by atoms with Crippen molar-refractivity contribution in [2.45, 2.75) is 37.5 Å². The van der Waals surface area contributed by atoms with Crippen molar-refractivity contribution in [1.82, 2.24) is 14.8 Å². The summed E-state index contributed by atoms with van der Waals surface area (Å²) in [7, 11) is -4.19. The van der Waals surface area contributed by atoms with Gasteiger partial charge in [0.05, 0.1) is 11.4 Å². The Morgan fingerprint density at radius 3 is 2.47 bits per heavy atom. The summed E-state index contributed by atoms with van der Waals surface area (Å²) in [6.45, 7) is 1.45. The summed E-state index contributed by atoms with van der Waals surface area (Å²) < 4.78 is 53.3. The lowest BCUT2D eigenvalue weighted by molar-refractivity contribution is 0.101. The molecule has 0 amide bonds. The Bertz CT molecular complexity index is 1570. The number of Topliss-reactive ketones (excluding diaryl/α,β-unsaturated/α-hetero) is 1. The largest absolute Gasteiger partial charge is 0.293 e. The Morgan fingerprint density at radius 1 is 1.17 bits per heavy atom. The fourth-order valence-electron chi connectivity index (χ4n) is 4.09. The molecular formula is C25H22F2N4O3S2. The van der Waals surface area contributed by atoms with Crippen LogP contribution in [0.25, 0.3) is 16.4 Å². The molecule has 2 aromatic carbocycles. The number of nitrogens with two attached hydrogens (primary N) is 1. The molecule has 1 saturated carbocycles. The van der Waals surface area contributed by atoms with E-state index < -0.39 is 20.7 Å². The summed E-state index contributed by atoms with van der Waals surface area (Å²) >= 11 is 1.29. The van der Waals surface area contributed by atoms with Gasteiger partial charge in [0.25, 0.3) is 0 Å². The first-order chi connectivity index (χ1) is 17.1. The Labute approximate surface area is 210 Å². The van der Waals surface area contributed by atoms with Crippen molar-refractivity contribution in [3.05, 3.63) is 82.0 Å². The van der Waals surface area contributed by atoms with Crippen LogP contribution in [0.1, 0.15) is 47.1 Å². The number of primary sulfonamides is 1. The van der Waals surface area contributed by atoms with Gasteiger partial charge in [0.1, 0.15) is 22.2 Å². The minimum atomic E-state index is -4.19. The molecule has 0 aliphatic heterocycles. The minimum absolute atomic E-state index is 0.155. The summed E-state index contributed by atoms with van der Waals surface area (Å²) in [5.74, 6) is -1.00. The van der Waals surface area contributed by atoms with Crippen molar-refractivity contribution in [2.75, 3.05) is 0 Å². The molecule has 7 nitrogen and oxygen atoms in total. The lowest BCUT2D eigenvalue weighted by Gasteiger charge is -2.10. The van der Waals surface area contributed by atoms with Crippen LogP contribution < -0.4 is 5.14 Å². The van der Waals surface area contributed by atoms with Gasteiger partial charge in [-0.2, -0.15) is 5.10 Å². The molecule has 4 aromatic rings. The number of nitrogens with zero attached hydrogens (tertiary/aromatic N) is 3. The second-order valence-corrected chi connectivity index (χ2v) is 11.3. The zero-order valence-electron chi connectivity index (χ0n) is 19.2. The van der Waals surface area contributed by atoms with Crippen LogP contribution in [-0.2, 0) is 22.9 Å². The number of sulfonamides is 1. The van der Waals surface area contributed by atoms with Crippen molar-refractivity contribution in [3.63, 3.8) is 0 Å². The normalized spacial score (nSPS) is 13.8. The first-order valence-corrected chi connectivity index (χ1v) is 13.7. The third-order valence-corrected chi connectivity index (χ3v) is 7.86. The number of benzene rings is 2. The Kier molecular flexibility index (Phi) is 6.31. The van der Waals surface area contributed by atoms with Crippen LogP contribution in [-0.4, -0.2) is 29.0 Å². The number of carbonyl (C=O) groups is 1. The molecule has 5 rings (SSSR count). The molecule has 2 N–H and O–H groups in total. The predicted octanol–water partition coefficient (Wildman–Crippen LogP) is 4.67. The number of hydrogen-bond acceptors (Lipinski definition) is 6. The van der Waals surface area contributed by atoms with Crippen molar-refractivity contribution >= 4 is 27.1 Å². The highest BCUT2D eigenvalue weighted by molar-refractivity contribution is 7.89. The Hall–Kier alpha value is -3.28. The highest BCUT2D eigenvalue weighted by atomic mass is 32.2. The second kappa shape index (κ2) is 9.30. The van der Waals surface area contributed by atoms with Gasteiger partial charge in [-0.3, -0.25) is 4.79 Å². The van der Waals surface area contributed by atoms with Gasteiger partial charge in [-0.25, -0.2) is 32.0 Å². The number of aromatic nitrogens is 3. The number of ketones is 1. The predicted molar refractivity (Wildman–Crippen MR) is 132 cm³/mol. The first kappa shape index (κ1) is 24.4. The molecule has 0 radical (unpaired) electrons. The number of thiazole rings is 1. The van der Waals surface area contributed by atoms with E-state index in [4.69, 9.17) is 10.2 Å². The average Bonchev–Trinajstić information content (AvgIpc) is 3.37. The summed E-state index contributed by atoms with van der Waals surface area (Å²) in [5.41, 5.74) is 3.80. The zero-order valence-corrected chi connectivity index (χ0v) is 20.9. The maximum atomic E-state index is 14.6. The molecule has 186 valence electrons. The summed E-state index contributed by atoms with van der Waals surface area (Å²) in [5, 5.41) is 12.1. The van der Waals surface area contributed by atoms with Crippen LogP contribution in [0, 0.1) is 17.6 Å². The summed E-state index contributed by atoms with van der Waals surface area (Å²) in [6.07, 6.45) is 3.10. The topological polar surface area (TPSA) is 108 Å². The summed E-state index contributed by atoms with van der Waals surface area (Å²) in [4.78, 5) is 15.7. The average molecular weight is 529 g/mol. The smallest absolute Gasteiger partial charge is 0.240 e. The first-order valence-electron chi connectivity index (χ1n) is 11.2. The third-order valence-electron chi connectivity index (χ3n) is 6.10. The van der Waals surface area contributed by atoms with Gasteiger partial charge in [-0.15, -0.1) is 11.3 Å². The van der Waals surface area contributed by atoms with Crippen LogP contribution >= 0.6 is 11.3 Å². The van der Waals surface area contributed by atoms with E-state index in [9.17, 15) is 22.0 Å². The van der Waals surface area contributed by atoms with Crippen LogP contribution in [0.3, 0.4) is 0 Å². The van der Waals surface area contributed by atoms with Crippen LogP contribution in [0.5, 0.6) is 0 Å². The Balaban J connectivity index is 1.67. The molecule has 2 heterocycles. The van der Waals surface area contributed by atoms with Crippen molar-refractivity contribution in [1.29, 1.82) is 0 Å². The molecule has 0 atom stereocenters. The molecule has 1 fully saturated rings. The number of hydrogen-bond donors (Lipinski definition) is 1. The van der Waals surface area contributed by atoms with Crippen molar-refractivity contribution in [3.8, 4) is 16.4 Å². The monoisotopic (exact) mass is 528 g/mol. The van der Waals surface area contributed by atoms with Gasteiger partial charge in [0.2, 0.25) is 15.2 Å². The number of carbonyl (C=O) groups excluding carboxylic acids is 1. The van der Waals surface area contributed by atoms with Gasteiger partial charge < -0.3 is 0 Å². The van der Waals surface area contributed by atoms with Crippen LogP contribution in [0.4, 0.5) is 8.78 Å². The maximum absolute atomic E-state index is 14.6. The van der Waals surface area contributed by atoms with E-state index in [1.165, 1.54) is 36.5 Å². The van der Waals surface area contributed by atoms with E-state index in [-0.39, 0.29) is 18.0 Å². The molecule has 1 aliphatic rings. The fourth-order valence-corrected chi connectivity index (χ4v) is 5.51. The van der Waals surface area contributed by atoms with Gasteiger partial charge >= 0.3 is 0 Å². The van der Waals surface area contributed by atoms with E-state index in [0.717, 1.165) is 36.2 Å². The lowest BCUT2D eigenvalue weighted by Crippen LogP contribution is -2.14. The van der Waals surface area contributed by atoms with Gasteiger partial charge in [-0.1, -0.05) is 6.07 Å². The van der Waals surface area contributed by atoms with E-state index in [0.29, 0.717) is 40.0 Å². The van der Waals surface area contributed by atoms with Gasteiger partial charge in [0.15, 0.2) is 5.78 Å². The molecule has 0 bridgehead atoms. The van der Waals surface area contributed by atoms with E-state index in [1.807, 2.05) is 0 Å². The van der Waals surface area contributed by atoms with E-state index in [1.54, 1.807) is 22.2 Å². The summed E-state index contributed by atoms with van der Waals surface area (Å²) in [6, 6.07) is 9.77. The number of halogens is 2. The van der Waals surface area contributed by atoms with Crippen LogP contribution in [0.15, 0.2) is 52.7 Å². The van der Waals surface area contributed by atoms with E-state index in [2.05, 4.69) is 4.98 Å². The quantitative estimate of drug-likeness (QED) is 0.335. The maximum Gasteiger partial charge on any atom is 0.240 e. The SMILES string of the molecule is CC(=O)c1csc(-n2nc(-c3ccc(F)cc3)c(Cc3ccc(S(N)(=O)=O)c(F)c3)c2CC2CC2)n1. The second-order valence-electron chi connectivity index (χ2n) is 8.90. The highest BCUT2D eigenvalue weighted by Gasteiger charge is 2.29. The molecule has 36 heavy (non-hydrogen) atoms. The standard InChI is InChI=1S/C25H22F2N4O3S2/c1-14(32)21-13-35-25(29-21)31-22(12-15-2-3-15)19(24(30-31)17-5-7-18(26)8-6-17)10-16-4-9-23(20(27)11-16)36(28,33)34/h4-9,11,13,15H,2-3,10,12H2,1H3,(H2,28,33,34). The van der Waals surface area contributed by atoms with Crippen LogP contribution in [0.2, 0.25) is 0 Å². The van der Waals surface area contributed by atoms with E-state index >= 15 is 0 Å². The molecular weight excluding hydrogens is 506 g/mol. The highest BCUT2D eigenvalue weighted by Crippen LogP contribution is 2.38. The van der Waals surface area contributed by atoms with Crippen molar-refractivity contribution in [2.24, 2.45) is 11.1 Å². The molecule has 0 spiro atoms. The molecule has 2 aromatic heterocycles. The van der Waals surface area contributed by atoms with Crippen molar-refractivity contribution < 1.29 is 22.0 Å². The molecule has 0 saturated heterocycles. The molecule has 0 unspecified atom stereocenters. The van der Waals surface area contributed by atoms with Gasteiger partial charge in [0, 0.05) is 29.9 Å². The molecule has 1 aliphatic carbocycles. The van der Waals surface area contributed by atoms with Gasteiger partial charge in [-0.05, 0) is 67.1 Å². The third kappa shape index (κ3) is 4.99. The minimum Gasteiger partial charge on any atom is -0.293 e. The fraction of sp³-hybridized carbons (Fsp3) is 0.240.